The largest absolute Gasteiger partial charge is 0.298 e. The maximum atomic E-state index is 6.27. The molecule has 3 nitrogen and oxygen atoms in total. The Morgan fingerprint density at radius 2 is 1.78 bits per heavy atom. The van der Waals surface area contributed by atoms with E-state index in [1.807, 2.05) is 30.3 Å². The number of rotatable bonds is 6. The third-order valence-electron chi connectivity index (χ3n) is 4.35. The molecule has 0 radical (unpaired) electrons. The van der Waals surface area contributed by atoms with Crippen LogP contribution in [0.2, 0.25) is 5.02 Å². The van der Waals surface area contributed by atoms with Crippen LogP contribution < -0.4 is 0 Å². The van der Waals surface area contributed by atoms with Gasteiger partial charge in [-0.3, -0.25) is 4.57 Å². The van der Waals surface area contributed by atoms with Gasteiger partial charge in [0.2, 0.25) is 0 Å². The van der Waals surface area contributed by atoms with Crippen molar-refractivity contribution in [1.82, 2.24) is 14.8 Å². The summed E-state index contributed by atoms with van der Waals surface area (Å²) in [6, 6.07) is 16.5. The molecule has 0 aliphatic rings. The Kier molecular flexibility index (Phi) is 6.08. The fourth-order valence-electron chi connectivity index (χ4n) is 2.78. The van der Waals surface area contributed by atoms with Crippen molar-refractivity contribution < 1.29 is 0 Å². The Morgan fingerprint density at radius 1 is 1.07 bits per heavy atom. The minimum absolute atomic E-state index is 0.128. The van der Waals surface area contributed by atoms with Gasteiger partial charge in [-0.15, -0.1) is 16.8 Å². The summed E-state index contributed by atoms with van der Waals surface area (Å²) in [7, 11) is 0. The second kappa shape index (κ2) is 8.32. The molecule has 0 amide bonds. The second-order valence-corrected chi connectivity index (χ2v) is 8.76. The van der Waals surface area contributed by atoms with E-state index in [1.54, 1.807) is 11.8 Å². The van der Waals surface area contributed by atoms with Gasteiger partial charge < -0.3 is 0 Å². The van der Waals surface area contributed by atoms with E-state index in [0.717, 1.165) is 32.9 Å². The van der Waals surface area contributed by atoms with E-state index < -0.39 is 0 Å². The van der Waals surface area contributed by atoms with Crippen LogP contribution in [0.4, 0.5) is 0 Å². The quantitative estimate of drug-likeness (QED) is 0.357. The van der Waals surface area contributed by atoms with Gasteiger partial charge >= 0.3 is 0 Å². The molecule has 0 spiro atoms. The Morgan fingerprint density at radius 3 is 2.41 bits per heavy atom. The van der Waals surface area contributed by atoms with Crippen molar-refractivity contribution >= 4 is 23.4 Å². The van der Waals surface area contributed by atoms with Gasteiger partial charge in [0.15, 0.2) is 11.0 Å². The summed E-state index contributed by atoms with van der Waals surface area (Å²) in [5.74, 6) is 1.61. The lowest BCUT2D eigenvalue weighted by atomic mass is 9.87. The van der Waals surface area contributed by atoms with Crippen molar-refractivity contribution in [3.8, 4) is 11.4 Å². The first-order valence-electron chi connectivity index (χ1n) is 8.91. The van der Waals surface area contributed by atoms with Crippen molar-refractivity contribution in [3.05, 3.63) is 77.3 Å². The number of thioether (sulfide) groups is 1. The first-order valence-corrected chi connectivity index (χ1v) is 10.3. The number of halogens is 1. The molecule has 0 saturated heterocycles. The lowest BCUT2D eigenvalue weighted by molar-refractivity contribution is 0.590. The Bertz CT molecular complexity index is 923. The molecule has 0 aliphatic heterocycles. The molecule has 0 bridgehead atoms. The first-order chi connectivity index (χ1) is 12.9. The number of benzene rings is 2. The molecule has 3 rings (SSSR count). The number of allylic oxidation sites excluding steroid dienone is 1. The van der Waals surface area contributed by atoms with E-state index in [1.165, 1.54) is 5.56 Å². The predicted octanol–water partition coefficient (Wildman–Crippen LogP) is 6.37. The lowest BCUT2D eigenvalue weighted by Crippen LogP contribution is -2.10. The van der Waals surface area contributed by atoms with Crippen LogP contribution in [-0.4, -0.2) is 14.8 Å². The molecule has 5 heteroatoms. The number of nitrogens with zero attached hydrogens (tertiary/aromatic N) is 3. The SMILES string of the molecule is C=CCn1c(SCc2ccccc2Cl)nnc1-c1ccc(C(C)(C)C)cc1. The van der Waals surface area contributed by atoms with Crippen LogP contribution in [0.25, 0.3) is 11.4 Å². The topological polar surface area (TPSA) is 30.7 Å². The van der Waals surface area contributed by atoms with Crippen molar-refractivity contribution in [2.75, 3.05) is 0 Å². The van der Waals surface area contributed by atoms with Gasteiger partial charge in [-0.2, -0.15) is 0 Å². The molecule has 0 atom stereocenters. The summed E-state index contributed by atoms with van der Waals surface area (Å²) in [5, 5.41) is 10.5. The Hall–Kier alpha value is -2.04. The zero-order valence-corrected chi connectivity index (χ0v) is 17.5. The fraction of sp³-hybridized carbons (Fsp3) is 0.273. The minimum Gasteiger partial charge on any atom is -0.298 e. The monoisotopic (exact) mass is 397 g/mol. The minimum atomic E-state index is 0.128. The second-order valence-electron chi connectivity index (χ2n) is 7.41. The zero-order valence-electron chi connectivity index (χ0n) is 15.9. The maximum Gasteiger partial charge on any atom is 0.192 e. The Labute approximate surface area is 170 Å². The van der Waals surface area contributed by atoms with Gasteiger partial charge in [0.1, 0.15) is 0 Å². The molecule has 0 saturated carbocycles. The molecule has 0 fully saturated rings. The average Bonchev–Trinajstić information content (AvgIpc) is 3.03. The zero-order chi connectivity index (χ0) is 19.4. The molecular formula is C22H24ClN3S. The van der Waals surface area contributed by atoms with Crippen LogP contribution in [-0.2, 0) is 17.7 Å². The molecule has 0 unspecified atom stereocenters. The molecule has 140 valence electrons. The summed E-state index contributed by atoms with van der Waals surface area (Å²) < 4.78 is 2.10. The molecule has 27 heavy (non-hydrogen) atoms. The van der Waals surface area contributed by atoms with E-state index >= 15 is 0 Å². The third-order valence-corrected chi connectivity index (χ3v) is 5.74. The average molecular weight is 398 g/mol. The summed E-state index contributed by atoms with van der Waals surface area (Å²) >= 11 is 7.91. The molecule has 0 N–H and O–H groups in total. The highest BCUT2D eigenvalue weighted by molar-refractivity contribution is 7.98. The number of aromatic nitrogens is 3. The summed E-state index contributed by atoms with van der Waals surface area (Å²) in [6.07, 6.45) is 1.87. The number of hydrogen-bond acceptors (Lipinski definition) is 3. The molecule has 1 aromatic heterocycles. The van der Waals surface area contributed by atoms with E-state index in [2.05, 4.69) is 66.4 Å². The van der Waals surface area contributed by atoms with E-state index in [0.29, 0.717) is 6.54 Å². The van der Waals surface area contributed by atoms with Gasteiger partial charge in [0.05, 0.1) is 0 Å². The van der Waals surface area contributed by atoms with Crippen LogP contribution in [0, 0.1) is 0 Å². The van der Waals surface area contributed by atoms with E-state index in [9.17, 15) is 0 Å². The third kappa shape index (κ3) is 4.63. The molecule has 0 aliphatic carbocycles. The smallest absolute Gasteiger partial charge is 0.192 e. The standard InChI is InChI=1S/C22H24ClN3S/c1-5-14-26-20(16-10-12-18(13-11-16)22(2,3)4)24-25-21(26)27-15-17-8-6-7-9-19(17)23/h5-13H,1,14-15H2,2-4H3. The van der Waals surface area contributed by atoms with Crippen LogP contribution in [0.3, 0.4) is 0 Å². The van der Waals surface area contributed by atoms with Crippen molar-refractivity contribution in [2.45, 2.75) is 43.6 Å². The van der Waals surface area contributed by atoms with Crippen LogP contribution >= 0.6 is 23.4 Å². The molecule has 3 aromatic rings. The number of hydrogen-bond donors (Lipinski definition) is 0. The van der Waals surface area contributed by atoms with Crippen LogP contribution in [0.5, 0.6) is 0 Å². The highest BCUT2D eigenvalue weighted by atomic mass is 35.5. The molecular weight excluding hydrogens is 374 g/mol. The van der Waals surface area contributed by atoms with Gasteiger partial charge in [-0.25, -0.2) is 0 Å². The summed E-state index contributed by atoms with van der Waals surface area (Å²) in [4.78, 5) is 0. The molecule has 2 aromatic carbocycles. The van der Waals surface area contributed by atoms with E-state index in [4.69, 9.17) is 11.6 Å². The summed E-state index contributed by atoms with van der Waals surface area (Å²) in [5.41, 5.74) is 3.58. The highest BCUT2D eigenvalue weighted by Gasteiger charge is 2.17. The molecule has 1 heterocycles. The van der Waals surface area contributed by atoms with Crippen molar-refractivity contribution in [2.24, 2.45) is 0 Å². The Balaban J connectivity index is 1.87. The lowest BCUT2D eigenvalue weighted by Gasteiger charge is -2.19. The van der Waals surface area contributed by atoms with Crippen molar-refractivity contribution in [3.63, 3.8) is 0 Å². The van der Waals surface area contributed by atoms with Crippen LogP contribution in [0.15, 0.2) is 66.3 Å². The van der Waals surface area contributed by atoms with Gasteiger partial charge in [0, 0.05) is 22.9 Å². The van der Waals surface area contributed by atoms with Crippen LogP contribution in [0.1, 0.15) is 31.9 Å². The van der Waals surface area contributed by atoms with Gasteiger partial charge in [-0.05, 0) is 22.6 Å². The summed E-state index contributed by atoms with van der Waals surface area (Å²) in [6.45, 7) is 11.2. The predicted molar refractivity (Wildman–Crippen MR) is 115 cm³/mol. The van der Waals surface area contributed by atoms with Gasteiger partial charge in [-0.1, -0.05) is 92.7 Å². The fourth-order valence-corrected chi connectivity index (χ4v) is 4.01. The van der Waals surface area contributed by atoms with Crippen molar-refractivity contribution in [1.29, 1.82) is 0 Å². The van der Waals surface area contributed by atoms with Gasteiger partial charge in [0.25, 0.3) is 0 Å². The first kappa shape index (κ1) is 19.7. The van der Waals surface area contributed by atoms with E-state index in [-0.39, 0.29) is 5.41 Å². The maximum absolute atomic E-state index is 6.27. The normalized spacial score (nSPS) is 11.6. The highest BCUT2D eigenvalue weighted by Crippen LogP contribution is 2.30.